The van der Waals surface area contributed by atoms with Crippen LogP contribution in [-0.2, 0) is 4.79 Å². The van der Waals surface area contributed by atoms with Crippen LogP contribution < -0.4 is 11.1 Å². The van der Waals surface area contributed by atoms with E-state index in [1.807, 2.05) is 13.0 Å². The first-order valence-electron chi connectivity index (χ1n) is 6.44. The normalized spacial score (nSPS) is 22.3. The van der Waals surface area contributed by atoms with E-state index < -0.39 is 0 Å². The Morgan fingerprint density at radius 3 is 2.58 bits per heavy atom. The number of nitrogens with two attached hydrogens (primary N) is 1. The highest BCUT2D eigenvalue weighted by atomic mass is 16.2. The molecule has 1 saturated heterocycles. The minimum Gasteiger partial charge on any atom is -0.343 e. The lowest BCUT2D eigenvalue weighted by Crippen LogP contribution is -2.40. The lowest BCUT2D eigenvalue weighted by Gasteiger charge is -2.16. The van der Waals surface area contributed by atoms with Gasteiger partial charge in [0, 0.05) is 24.7 Å². The molecule has 2 atom stereocenters. The average Bonchev–Trinajstić information content (AvgIpc) is 2.77. The fourth-order valence-corrected chi connectivity index (χ4v) is 2.15. The van der Waals surface area contributed by atoms with E-state index in [0.717, 1.165) is 0 Å². The topological polar surface area (TPSA) is 75.4 Å². The smallest absolute Gasteiger partial charge is 0.251 e. The SMILES string of the molecule is CC1CN(C(=O)CNC(=O)c2ccccc2)CC1N. The third-order valence-corrected chi connectivity index (χ3v) is 3.46. The number of carbonyl (C=O) groups excluding carboxylic acids is 2. The zero-order chi connectivity index (χ0) is 13.8. The first kappa shape index (κ1) is 13.5. The van der Waals surface area contributed by atoms with Gasteiger partial charge in [-0.2, -0.15) is 0 Å². The maximum absolute atomic E-state index is 11.9. The first-order valence-corrected chi connectivity index (χ1v) is 6.44. The van der Waals surface area contributed by atoms with Crippen molar-refractivity contribution in [3.8, 4) is 0 Å². The molecule has 2 unspecified atom stereocenters. The maximum Gasteiger partial charge on any atom is 0.251 e. The van der Waals surface area contributed by atoms with Crippen LogP contribution in [0.25, 0.3) is 0 Å². The Balaban J connectivity index is 1.83. The van der Waals surface area contributed by atoms with Gasteiger partial charge in [0.2, 0.25) is 5.91 Å². The van der Waals surface area contributed by atoms with Crippen molar-refractivity contribution in [2.24, 2.45) is 11.7 Å². The van der Waals surface area contributed by atoms with E-state index in [4.69, 9.17) is 5.73 Å². The Morgan fingerprint density at radius 2 is 2.00 bits per heavy atom. The fraction of sp³-hybridized carbons (Fsp3) is 0.429. The molecule has 5 nitrogen and oxygen atoms in total. The predicted molar refractivity (Wildman–Crippen MR) is 72.5 cm³/mol. The van der Waals surface area contributed by atoms with E-state index >= 15 is 0 Å². The summed E-state index contributed by atoms with van der Waals surface area (Å²) in [5.74, 6) is 0.00310. The van der Waals surface area contributed by atoms with Crippen LogP contribution in [-0.4, -0.2) is 42.4 Å². The van der Waals surface area contributed by atoms with Gasteiger partial charge in [0.1, 0.15) is 0 Å². The second-order valence-electron chi connectivity index (χ2n) is 4.99. The number of nitrogens with zero attached hydrogens (tertiary/aromatic N) is 1. The molecule has 0 aromatic heterocycles. The molecule has 0 saturated carbocycles. The van der Waals surface area contributed by atoms with Gasteiger partial charge in [0.15, 0.2) is 0 Å². The Bertz CT molecular complexity index is 451. The summed E-state index contributed by atoms with van der Waals surface area (Å²) in [6.07, 6.45) is 0. The molecule has 1 aromatic carbocycles. The molecule has 2 amide bonds. The number of nitrogens with one attached hydrogen (secondary N) is 1. The zero-order valence-corrected chi connectivity index (χ0v) is 11.0. The van der Waals surface area contributed by atoms with Gasteiger partial charge in [0.05, 0.1) is 6.54 Å². The summed E-state index contributed by atoms with van der Waals surface area (Å²) in [5.41, 5.74) is 6.43. The highest BCUT2D eigenvalue weighted by Crippen LogP contribution is 2.14. The quantitative estimate of drug-likeness (QED) is 0.817. The summed E-state index contributed by atoms with van der Waals surface area (Å²) < 4.78 is 0. The van der Waals surface area contributed by atoms with Crippen LogP contribution in [0.1, 0.15) is 17.3 Å². The predicted octanol–water partition coefficient (Wildman–Crippen LogP) is 0.222. The molecule has 1 heterocycles. The summed E-state index contributed by atoms with van der Waals surface area (Å²) >= 11 is 0. The molecule has 5 heteroatoms. The van der Waals surface area contributed by atoms with Crippen molar-refractivity contribution in [1.29, 1.82) is 0 Å². The van der Waals surface area contributed by atoms with E-state index in [0.29, 0.717) is 24.6 Å². The van der Waals surface area contributed by atoms with E-state index in [1.165, 1.54) is 0 Å². The Hall–Kier alpha value is -1.88. The van der Waals surface area contributed by atoms with Gasteiger partial charge in [-0.3, -0.25) is 9.59 Å². The second kappa shape index (κ2) is 5.84. The van der Waals surface area contributed by atoms with E-state index in [-0.39, 0.29) is 24.4 Å². The van der Waals surface area contributed by atoms with E-state index in [2.05, 4.69) is 5.32 Å². The van der Waals surface area contributed by atoms with Crippen molar-refractivity contribution in [1.82, 2.24) is 10.2 Å². The van der Waals surface area contributed by atoms with Gasteiger partial charge < -0.3 is 16.0 Å². The molecule has 1 aliphatic rings. The summed E-state index contributed by atoms with van der Waals surface area (Å²) in [5, 5.41) is 2.63. The van der Waals surface area contributed by atoms with Crippen LogP contribution in [0.5, 0.6) is 0 Å². The monoisotopic (exact) mass is 261 g/mol. The van der Waals surface area contributed by atoms with Crippen LogP contribution in [0, 0.1) is 5.92 Å². The molecule has 1 aliphatic heterocycles. The molecule has 19 heavy (non-hydrogen) atoms. The summed E-state index contributed by atoms with van der Waals surface area (Å²) in [6.45, 7) is 3.29. The number of rotatable bonds is 3. The van der Waals surface area contributed by atoms with Gasteiger partial charge in [-0.05, 0) is 18.1 Å². The molecular formula is C14H19N3O2. The molecule has 0 aliphatic carbocycles. The molecule has 3 N–H and O–H groups in total. The fourth-order valence-electron chi connectivity index (χ4n) is 2.15. The number of carbonyl (C=O) groups is 2. The molecule has 2 rings (SSSR count). The number of likely N-dealkylation sites (tertiary alicyclic amines) is 1. The first-order chi connectivity index (χ1) is 9.08. The Morgan fingerprint density at radius 1 is 1.32 bits per heavy atom. The summed E-state index contributed by atoms with van der Waals surface area (Å²) in [4.78, 5) is 25.4. The number of benzene rings is 1. The Labute approximate surface area is 112 Å². The zero-order valence-electron chi connectivity index (χ0n) is 11.0. The van der Waals surface area contributed by atoms with Crippen molar-refractivity contribution in [3.05, 3.63) is 35.9 Å². The van der Waals surface area contributed by atoms with Crippen molar-refractivity contribution in [3.63, 3.8) is 0 Å². The second-order valence-corrected chi connectivity index (χ2v) is 4.99. The van der Waals surface area contributed by atoms with Gasteiger partial charge in [-0.15, -0.1) is 0 Å². The van der Waals surface area contributed by atoms with Crippen molar-refractivity contribution < 1.29 is 9.59 Å². The standard InChI is InChI=1S/C14H19N3O2/c1-10-8-17(9-12(10)15)13(18)7-16-14(19)11-5-3-2-4-6-11/h2-6,10,12H,7-9,15H2,1H3,(H,16,19). The van der Waals surface area contributed by atoms with Crippen LogP contribution in [0.2, 0.25) is 0 Å². The Kier molecular flexibility index (Phi) is 4.16. The molecule has 0 radical (unpaired) electrons. The van der Waals surface area contributed by atoms with E-state index in [9.17, 15) is 9.59 Å². The van der Waals surface area contributed by atoms with E-state index in [1.54, 1.807) is 29.2 Å². The average molecular weight is 261 g/mol. The van der Waals surface area contributed by atoms with Crippen molar-refractivity contribution in [2.75, 3.05) is 19.6 Å². The molecular weight excluding hydrogens is 242 g/mol. The van der Waals surface area contributed by atoms with Gasteiger partial charge in [-0.25, -0.2) is 0 Å². The van der Waals surface area contributed by atoms with Crippen molar-refractivity contribution >= 4 is 11.8 Å². The molecule has 0 bridgehead atoms. The lowest BCUT2D eigenvalue weighted by atomic mass is 10.1. The molecule has 1 aromatic rings. The molecule has 1 fully saturated rings. The van der Waals surface area contributed by atoms with Crippen molar-refractivity contribution in [2.45, 2.75) is 13.0 Å². The summed E-state index contributed by atoms with van der Waals surface area (Å²) in [6, 6.07) is 8.89. The number of amides is 2. The summed E-state index contributed by atoms with van der Waals surface area (Å²) in [7, 11) is 0. The van der Waals surface area contributed by atoms with Crippen LogP contribution >= 0.6 is 0 Å². The number of hydrogen-bond acceptors (Lipinski definition) is 3. The van der Waals surface area contributed by atoms with Crippen LogP contribution in [0.15, 0.2) is 30.3 Å². The molecule has 102 valence electrons. The van der Waals surface area contributed by atoms with Gasteiger partial charge in [0.25, 0.3) is 5.91 Å². The van der Waals surface area contributed by atoms with Crippen LogP contribution in [0.3, 0.4) is 0 Å². The maximum atomic E-state index is 11.9. The largest absolute Gasteiger partial charge is 0.343 e. The van der Waals surface area contributed by atoms with Gasteiger partial charge >= 0.3 is 0 Å². The van der Waals surface area contributed by atoms with Crippen LogP contribution in [0.4, 0.5) is 0 Å². The minimum absolute atomic E-state index is 0.0210. The highest BCUT2D eigenvalue weighted by molar-refractivity contribution is 5.96. The number of hydrogen-bond donors (Lipinski definition) is 2. The minimum atomic E-state index is -0.231. The third-order valence-electron chi connectivity index (χ3n) is 3.46. The lowest BCUT2D eigenvalue weighted by molar-refractivity contribution is -0.129. The third kappa shape index (κ3) is 3.32. The molecule has 0 spiro atoms. The highest BCUT2D eigenvalue weighted by Gasteiger charge is 2.29. The van der Waals surface area contributed by atoms with Gasteiger partial charge in [-0.1, -0.05) is 25.1 Å².